The van der Waals surface area contributed by atoms with Crippen LogP contribution >= 0.6 is 34.5 Å². The number of halogens is 1. The van der Waals surface area contributed by atoms with E-state index in [2.05, 4.69) is 9.59 Å². The summed E-state index contributed by atoms with van der Waals surface area (Å²) >= 11 is 8.87. The second kappa shape index (κ2) is 7.33. The zero-order valence-corrected chi connectivity index (χ0v) is 16.8. The van der Waals surface area contributed by atoms with Crippen molar-refractivity contribution in [3.05, 3.63) is 33.3 Å². The summed E-state index contributed by atoms with van der Waals surface area (Å²) in [4.78, 5) is 22.0. The van der Waals surface area contributed by atoms with Crippen LogP contribution in [0, 0.1) is 13.8 Å². The smallest absolute Gasteiger partial charge is 0.273 e. The molecule has 0 bridgehead atoms. The molecule has 132 valence electrons. The molecule has 0 N–H and O–H groups in total. The van der Waals surface area contributed by atoms with Crippen molar-refractivity contribution in [3.63, 3.8) is 0 Å². The monoisotopic (exact) mass is 395 g/mol. The Hall–Kier alpha value is -1.61. The molecule has 1 aromatic carbocycles. The van der Waals surface area contributed by atoms with Crippen molar-refractivity contribution in [3.8, 4) is 0 Å². The number of rotatable bonds is 5. The number of aryl methyl sites for hydroxylation is 2. The predicted molar refractivity (Wildman–Crippen MR) is 104 cm³/mol. The highest BCUT2D eigenvalue weighted by atomic mass is 35.5. The van der Waals surface area contributed by atoms with Gasteiger partial charge >= 0.3 is 0 Å². The van der Waals surface area contributed by atoms with Gasteiger partial charge in [0.15, 0.2) is 5.13 Å². The Morgan fingerprint density at radius 3 is 2.60 bits per heavy atom. The molecule has 2 heterocycles. The van der Waals surface area contributed by atoms with Crippen LogP contribution in [0.15, 0.2) is 12.1 Å². The molecule has 0 aliphatic heterocycles. The number of aromatic nitrogens is 3. The number of benzene rings is 1. The van der Waals surface area contributed by atoms with Crippen molar-refractivity contribution in [2.45, 2.75) is 13.8 Å². The van der Waals surface area contributed by atoms with E-state index in [0.717, 1.165) is 33.9 Å². The van der Waals surface area contributed by atoms with E-state index in [-0.39, 0.29) is 5.91 Å². The number of amides is 1. The molecule has 0 aliphatic rings. The van der Waals surface area contributed by atoms with Crippen LogP contribution < -0.4 is 4.90 Å². The summed E-state index contributed by atoms with van der Waals surface area (Å²) in [7, 11) is 3.95. The van der Waals surface area contributed by atoms with Crippen LogP contribution in [-0.4, -0.2) is 52.6 Å². The number of anilines is 1. The molecule has 0 spiro atoms. The highest BCUT2D eigenvalue weighted by molar-refractivity contribution is 7.23. The second-order valence-electron chi connectivity index (χ2n) is 5.99. The summed E-state index contributed by atoms with van der Waals surface area (Å²) < 4.78 is 4.78. The van der Waals surface area contributed by atoms with Crippen molar-refractivity contribution in [1.29, 1.82) is 0 Å². The lowest BCUT2D eigenvalue weighted by Crippen LogP contribution is -2.36. The summed E-state index contributed by atoms with van der Waals surface area (Å²) in [6, 6.07) is 3.81. The first-order valence-electron chi connectivity index (χ1n) is 7.69. The highest BCUT2D eigenvalue weighted by Gasteiger charge is 2.25. The molecule has 1 amide bonds. The summed E-state index contributed by atoms with van der Waals surface area (Å²) in [6.07, 6.45) is 0. The Bertz CT molecular complexity index is 882. The Balaban J connectivity index is 2.05. The minimum atomic E-state index is -0.123. The molecule has 0 saturated carbocycles. The third kappa shape index (κ3) is 3.67. The van der Waals surface area contributed by atoms with Gasteiger partial charge in [-0.3, -0.25) is 9.69 Å². The third-order valence-electron chi connectivity index (χ3n) is 3.78. The van der Waals surface area contributed by atoms with Gasteiger partial charge in [0.05, 0.1) is 20.9 Å². The summed E-state index contributed by atoms with van der Waals surface area (Å²) in [6.45, 7) is 5.03. The van der Waals surface area contributed by atoms with Gasteiger partial charge in [0, 0.05) is 13.1 Å². The number of hydrogen-bond acceptors (Lipinski definition) is 7. The zero-order chi connectivity index (χ0) is 18.1. The lowest BCUT2D eigenvalue weighted by atomic mass is 10.2. The molecule has 0 fully saturated rings. The van der Waals surface area contributed by atoms with E-state index >= 15 is 0 Å². The summed E-state index contributed by atoms with van der Waals surface area (Å²) in [5, 5.41) is 5.25. The molecular weight excluding hydrogens is 378 g/mol. The SMILES string of the molecule is Cc1nnsc1C(=O)N(CCN(C)C)c1nc2c(C)ccc(Cl)c2s1. The second-order valence-corrected chi connectivity index (χ2v) is 8.12. The number of thiazole rings is 1. The fraction of sp³-hybridized carbons (Fsp3) is 0.375. The van der Waals surface area contributed by atoms with Gasteiger partial charge in [-0.05, 0) is 51.1 Å². The third-order valence-corrected chi connectivity index (χ3v) is 6.13. The molecule has 2 aromatic heterocycles. The first-order valence-corrected chi connectivity index (χ1v) is 9.66. The van der Waals surface area contributed by atoms with Gasteiger partial charge in [0.1, 0.15) is 4.88 Å². The summed E-state index contributed by atoms with van der Waals surface area (Å²) in [5.41, 5.74) is 2.52. The van der Waals surface area contributed by atoms with E-state index in [4.69, 9.17) is 16.6 Å². The van der Waals surface area contributed by atoms with Gasteiger partial charge in [-0.25, -0.2) is 4.98 Å². The van der Waals surface area contributed by atoms with Crippen LogP contribution in [0.5, 0.6) is 0 Å². The van der Waals surface area contributed by atoms with Crippen LogP contribution in [0.2, 0.25) is 5.02 Å². The standard InChI is InChI=1S/C16H18ClN5OS2/c1-9-5-6-11(17)14-12(9)18-16(24-14)22(8-7-21(3)4)15(23)13-10(2)19-20-25-13/h5-6H,7-8H2,1-4H3. The molecule has 6 nitrogen and oxygen atoms in total. The normalized spacial score (nSPS) is 11.4. The fourth-order valence-electron chi connectivity index (χ4n) is 2.34. The fourth-order valence-corrected chi connectivity index (χ4v) is 4.29. The first kappa shape index (κ1) is 18.2. The van der Waals surface area contributed by atoms with Gasteiger partial charge < -0.3 is 4.90 Å². The Morgan fingerprint density at radius 1 is 1.24 bits per heavy atom. The van der Waals surface area contributed by atoms with Gasteiger partial charge in [0.25, 0.3) is 5.91 Å². The number of nitrogens with zero attached hydrogens (tertiary/aromatic N) is 5. The summed E-state index contributed by atoms with van der Waals surface area (Å²) in [5.74, 6) is -0.123. The quantitative estimate of drug-likeness (QED) is 0.660. The van der Waals surface area contributed by atoms with Crippen LogP contribution in [-0.2, 0) is 0 Å². The molecule has 0 atom stereocenters. The number of likely N-dealkylation sites (N-methyl/N-ethyl adjacent to an activating group) is 1. The molecule has 0 unspecified atom stereocenters. The molecule has 25 heavy (non-hydrogen) atoms. The molecular formula is C16H18ClN5OS2. The molecule has 3 aromatic rings. The highest BCUT2D eigenvalue weighted by Crippen LogP contribution is 2.36. The van der Waals surface area contributed by atoms with Crippen LogP contribution in [0.1, 0.15) is 20.9 Å². The minimum Gasteiger partial charge on any atom is -0.308 e. The van der Waals surface area contributed by atoms with E-state index in [1.54, 1.807) is 11.8 Å². The maximum atomic E-state index is 13.1. The van der Waals surface area contributed by atoms with Gasteiger partial charge in [-0.15, -0.1) is 5.10 Å². The number of fused-ring (bicyclic) bond motifs is 1. The van der Waals surface area contributed by atoms with E-state index in [1.807, 2.05) is 38.1 Å². The van der Waals surface area contributed by atoms with E-state index < -0.39 is 0 Å². The van der Waals surface area contributed by atoms with Crippen molar-refractivity contribution < 1.29 is 4.79 Å². The molecule has 9 heteroatoms. The van der Waals surface area contributed by atoms with Crippen molar-refractivity contribution in [2.75, 3.05) is 32.1 Å². The number of hydrogen-bond donors (Lipinski definition) is 0. The van der Waals surface area contributed by atoms with E-state index in [1.165, 1.54) is 11.3 Å². The van der Waals surface area contributed by atoms with Crippen LogP contribution in [0.3, 0.4) is 0 Å². The minimum absolute atomic E-state index is 0.123. The molecule has 3 rings (SSSR count). The van der Waals surface area contributed by atoms with E-state index in [0.29, 0.717) is 27.3 Å². The molecule has 0 saturated heterocycles. The van der Waals surface area contributed by atoms with Crippen LogP contribution in [0.4, 0.5) is 5.13 Å². The van der Waals surface area contributed by atoms with Crippen molar-refractivity contribution in [2.24, 2.45) is 0 Å². The van der Waals surface area contributed by atoms with Gasteiger partial charge in [-0.2, -0.15) is 0 Å². The van der Waals surface area contributed by atoms with Crippen LogP contribution in [0.25, 0.3) is 10.2 Å². The number of carbonyl (C=O) groups is 1. The Labute approximate surface area is 159 Å². The van der Waals surface area contributed by atoms with Gasteiger partial charge in [-0.1, -0.05) is 33.5 Å². The lowest BCUT2D eigenvalue weighted by Gasteiger charge is -2.21. The first-order chi connectivity index (χ1) is 11.9. The zero-order valence-electron chi connectivity index (χ0n) is 14.4. The predicted octanol–water partition coefficient (Wildman–Crippen LogP) is 3.63. The topological polar surface area (TPSA) is 62.2 Å². The maximum absolute atomic E-state index is 13.1. The Kier molecular flexibility index (Phi) is 5.33. The average Bonchev–Trinajstić information content (AvgIpc) is 3.18. The molecule has 0 aliphatic carbocycles. The van der Waals surface area contributed by atoms with Crippen molar-refractivity contribution in [1.82, 2.24) is 19.5 Å². The lowest BCUT2D eigenvalue weighted by molar-refractivity contribution is 0.0988. The largest absolute Gasteiger partial charge is 0.308 e. The number of carbonyl (C=O) groups excluding carboxylic acids is 1. The van der Waals surface area contributed by atoms with Gasteiger partial charge in [0.2, 0.25) is 0 Å². The van der Waals surface area contributed by atoms with Crippen molar-refractivity contribution >= 4 is 55.7 Å². The van der Waals surface area contributed by atoms with E-state index in [9.17, 15) is 4.79 Å². The maximum Gasteiger partial charge on any atom is 0.273 e. The average molecular weight is 396 g/mol. The molecule has 0 radical (unpaired) electrons. The Morgan fingerprint density at radius 2 is 2.00 bits per heavy atom.